The van der Waals surface area contributed by atoms with Crippen molar-refractivity contribution >= 4 is 0 Å². The first-order chi connectivity index (χ1) is 8.69. The molecule has 1 aromatic carbocycles. The van der Waals surface area contributed by atoms with E-state index >= 15 is 0 Å². The maximum absolute atomic E-state index is 9.33. The van der Waals surface area contributed by atoms with Crippen molar-refractivity contribution in [2.75, 3.05) is 19.6 Å². The van der Waals surface area contributed by atoms with E-state index in [1.165, 1.54) is 0 Å². The zero-order valence-electron chi connectivity index (χ0n) is 11.0. The summed E-state index contributed by atoms with van der Waals surface area (Å²) in [6.45, 7) is 6.79. The second-order valence-electron chi connectivity index (χ2n) is 5.07. The Morgan fingerprint density at radius 1 is 1.28 bits per heavy atom. The Morgan fingerprint density at radius 2 is 1.89 bits per heavy atom. The predicted molar refractivity (Wildman–Crippen MR) is 71.2 cm³/mol. The summed E-state index contributed by atoms with van der Waals surface area (Å²) in [7, 11) is 0. The van der Waals surface area contributed by atoms with Gasteiger partial charge in [-0.1, -0.05) is 30.3 Å². The zero-order chi connectivity index (χ0) is 13.0. The molecule has 18 heavy (non-hydrogen) atoms. The van der Waals surface area contributed by atoms with Crippen LogP contribution in [-0.4, -0.2) is 36.7 Å². The van der Waals surface area contributed by atoms with E-state index in [0.29, 0.717) is 0 Å². The SMILES string of the molecule is CC1CN(CC(C#N)c2ccccc2)CC(C)O1. The molecule has 0 aromatic heterocycles. The third-order valence-corrected chi connectivity index (χ3v) is 3.29. The smallest absolute Gasteiger partial charge is 0.0839 e. The largest absolute Gasteiger partial charge is 0.373 e. The first-order valence-electron chi connectivity index (χ1n) is 6.51. The highest BCUT2D eigenvalue weighted by Gasteiger charge is 2.24. The van der Waals surface area contributed by atoms with Crippen LogP contribution in [0, 0.1) is 11.3 Å². The van der Waals surface area contributed by atoms with Gasteiger partial charge >= 0.3 is 0 Å². The molecule has 3 unspecified atom stereocenters. The first kappa shape index (κ1) is 13.1. The Bertz CT molecular complexity index is 402. The second kappa shape index (κ2) is 5.99. The topological polar surface area (TPSA) is 36.3 Å². The monoisotopic (exact) mass is 244 g/mol. The Hall–Kier alpha value is -1.37. The molecule has 96 valence electrons. The molecule has 3 nitrogen and oxygen atoms in total. The van der Waals surface area contributed by atoms with Crippen molar-refractivity contribution in [1.29, 1.82) is 5.26 Å². The average molecular weight is 244 g/mol. The summed E-state index contributed by atoms with van der Waals surface area (Å²) in [6, 6.07) is 12.4. The maximum Gasteiger partial charge on any atom is 0.0839 e. The van der Waals surface area contributed by atoms with Crippen molar-refractivity contribution in [3.8, 4) is 6.07 Å². The van der Waals surface area contributed by atoms with E-state index in [4.69, 9.17) is 4.74 Å². The molecule has 3 atom stereocenters. The van der Waals surface area contributed by atoms with Gasteiger partial charge in [0.1, 0.15) is 0 Å². The molecule has 1 saturated heterocycles. The van der Waals surface area contributed by atoms with Crippen LogP contribution in [0.4, 0.5) is 0 Å². The molecule has 0 saturated carbocycles. The van der Waals surface area contributed by atoms with Crippen molar-refractivity contribution < 1.29 is 4.74 Å². The van der Waals surface area contributed by atoms with Gasteiger partial charge in [0.25, 0.3) is 0 Å². The molecule has 0 bridgehead atoms. The Morgan fingerprint density at radius 3 is 2.44 bits per heavy atom. The van der Waals surface area contributed by atoms with Crippen LogP contribution in [0.1, 0.15) is 25.3 Å². The van der Waals surface area contributed by atoms with Gasteiger partial charge in [-0.2, -0.15) is 5.26 Å². The number of hydrogen-bond donors (Lipinski definition) is 0. The van der Waals surface area contributed by atoms with Gasteiger partial charge in [0.15, 0.2) is 0 Å². The summed E-state index contributed by atoms with van der Waals surface area (Å²) < 4.78 is 5.71. The van der Waals surface area contributed by atoms with Crippen LogP contribution in [0.2, 0.25) is 0 Å². The molecule has 0 amide bonds. The minimum Gasteiger partial charge on any atom is -0.373 e. The van der Waals surface area contributed by atoms with E-state index in [0.717, 1.165) is 25.2 Å². The van der Waals surface area contributed by atoms with Crippen LogP contribution in [0.15, 0.2) is 30.3 Å². The molecule has 2 rings (SSSR count). The maximum atomic E-state index is 9.33. The molecule has 0 N–H and O–H groups in total. The average Bonchev–Trinajstić information content (AvgIpc) is 2.36. The summed E-state index contributed by atoms with van der Waals surface area (Å²) >= 11 is 0. The lowest BCUT2D eigenvalue weighted by Crippen LogP contribution is -2.46. The molecule has 1 aromatic rings. The normalized spacial score (nSPS) is 26.5. The standard InChI is InChI=1S/C15H20N2O/c1-12-9-17(10-13(2)18-12)11-15(8-16)14-6-4-3-5-7-14/h3-7,12-13,15H,9-11H2,1-2H3. The van der Waals surface area contributed by atoms with Crippen molar-refractivity contribution in [3.63, 3.8) is 0 Å². The van der Waals surface area contributed by atoms with Gasteiger partial charge < -0.3 is 4.74 Å². The number of rotatable bonds is 3. The fraction of sp³-hybridized carbons (Fsp3) is 0.533. The van der Waals surface area contributed by atoms with Gasteiger partial charge in [-0.05, 0) is 19.4 Å². The summed E-state index contributed by atoms with van der Waals surface area (Å²) in [4.78, 5) is 2.33. The first-order valence-corrected chi connectivity index (χ1v) is 6.51. The van der Waals surface area contributed by atoms with Crippen LogP contribution >= 0.6 is 0 Å². The molecule has 1 aliphatic heterocycles. The van der Waals surface area contributed by atoms with Crippen molar-refractivity contribution in [1.82, 2.24) is 4.90 Å². The number of nitrogens with zero attached hydrogens (tertiary/aromatic N) is 2. The molecule has 0 aliphatic carbocycles. The lowest BCUT2D eigenvalue weighted by molar-refractivity contribution is -0.0683. The predicted octanol–water partition coefficient (Wildman–Crippen LogP) is 2.40. The summed E-state index contributed by atoms with van der Waals surface area (Å²) in [5.74, 6) is -0.0521. The highest BCUT2D eigenvalue weighted by Crippen LogP contribution is 2.19. The van der Waals surface area contributed by atoms with Crippen LogP contribution in [0.5, 0.6) is 0 Å². The quantitative estimate of drug-likeness (QED) is 0.819. The van der Waals surface area contributed by atoms with E-state index in [-0.39, 0.29) is 18.1 Å². The molecular weight excluding hydrogens is 224 g/mol. The Labute approximate surface area is 109 Å². The van der Waals surface area contributed by atoms with Crippen LogP contribution in [0.3, 0.4) is 0 Å². The number of morpholine rings is 1. The molecular formula is C15H20N2O. The van der Waals surface area contributed by atoms with Gasteiger partial charge in [0, 0.05) is 19.6 Å². The Balaban J connectivity index is 2.01. The highest BCUT2D eigenvalue weighted by molar-refractivity contribution is 5.25. The Kier molecular flexibility index (Phi) is 4.35. The highest BCUT2D eigenvalue weighted by atomic mass is 16.5. The van der Waals surface area contributed by atoms with E-state index in [1.807, 2.05) is 30.3 Å². The molecule has 1 heterocycles. The molecule has 1 fully saturated rings. The van der Waals surface area contributed by atoms with Gasteiger partial charge in [0.2, 0.25) is 0 Å². The van der Waals surface area contributed by atoms with Crippen molar-refractivity contribution in [2.45, 2.75) is 32.0 Å². The lowest BCUT2D eigenvalue weighted by atomic mass is 9.99. The van der Waals surface area contributed by atoms with Crippen molar-refractivity contribution in [2.24, 2.45) is 0 Å². The summed E-state index contributed by atoms with van der Waals surface area (Å²) in [5.41, 5.74) is 1.10. The second-order valence-corrected chi connectivity index (χ2v) is 5.07. The minimum atomic E-state index is -0.0521. The van der Waals surface area contributed by atoms with Gasteiger partial charge in [-0.15, -0.1) is 0 Å². The van der Waals surface area contributed by atoms with Gasteiger partial charge in [-0.25, -0.2) is 0 Å². The third-order valence-electron chi connectivity index (χ3n) is 3.29. The zero-order valence-corrected chi connectivity index (χ0v) is 11.0. The number of nitriles is 1. The molecule has 0 spiro atoms. The van der Waals surface area contributed by atoms with Gasteiger partial charge in [0.05, 0.1) is 24.2 Å². The fourth-order valence-corrected chi connectivity index (χ4v) is 2.60. The number of ether oxygens (including phenoxy) is 1. The molecule has 0 radical (unpaired) electrons. The van der Waals surface area contributed by atoms with Gasteiger partial charge in [-0.3, -0.25) is 4.90 Å². The molecule has 1 aliphatic rings. The fourth-order valence-electron chi connectivity index (χ4n) is 2.60. The van der Waals surface area contributed by atoms with E-state index in [9.17, 15) is 5.26 Å². The molecule has 3 heteroatoms. The number of benzene rings is 1. The van der Waals surface area contributed by atoms with E-state index in [1.54, 1.807) is 0 Å². The lowest BCUT2D eigenvalue weighted by Gasteiger charge is -2.36. The summed E-state index contributed by atoms with van der Waals surface area (Å²) in [5, 5.41) is 9.33. The van der Waals surface area contributed by atoms with Crippen LogP contribution in [-0.2, 0) is 4.74 Å². The third kappa shape index (κ3) is 3.32. The van der Waals surface area contributed by atoms with Crippen molar-refractivity contribution in [3.05, 3.63) is 35.9 Å². The number of hydrogen-bond acceptors (Lipinski definition) is 3. The minimum absolute atomic E-state index is 0.0521. The van der Waals surface area contributed by atoms with E-state index in [2.05, 4.69) is 24.8 Å². The van der Waals surface area contributed by atoms with E-state index < -0.39 is 0 Å². The summed E-state index contributed by atoms with van der Waals surface area (Å²) in [6.07, 6.45) is 0.507. The van der Waals surface area contributed by atoms with Crippen LogP contribution < -0.4 is 0 Å². The van der Waals surface area contributed by atoms with Crippen LogP contribution in [0.25, 0.3) is 0 Å².